The molecule has 0 fully saturated rings. The maximum atomic E-state index is 11.2. The van der Waals surface area contributed by atoms with Crippen molar-refractivity contribution in [2.75, 3.05) is 126 Å². The van der Waals surface area contributed by atoms with Crippen LogP contribution in [0.3, 0.4) is 0 Å². The Balaban J connectivity index is 3.06. The van der Waals surface area contributed by atoms with Crippen LogP contribution in [0.4, 0.5) is 0 Å². The summed E-state index contributed by atoms with van der Waals surface area (Å²) in [6.45, 7) is 16.9. The molecule has 38 heavy (non-hydrogen) atoms. The Morgan fingerprint density at radius 2 is 0.711 bits per heavy atom. The Kier molecular flexibility index (Phi) is 31.1. The van der Waals surface area contributed by atoms with Gasteiger partial charge in [0.25, 0.3) is 0 Å². The van der Waals surface area contributed by atoms with Crippen LogP contribution in [0, 0.1) is 0 Å². The van der Waals surface area contributed by atoms with Crippen LogP contribution in [0.25, 0.3) is 0 Å². The van der Waals surface area contributed by atoms with E-state index in [9.17, 15) is 4.79 Å². The van der Waals surface area contributed by atoms with Crippen molar-refractivity contribution >= 4 is 5.97 Å². The molecule has 0 rings (SSSR count). The fraction of sp³-hybridized carbons (Fsp3) is 0.889. The maximum absolute atomic E-state index is 11.2. The van der Waals surface area contributed by atoms with Gasteiger partial charge in [-0.2, -0.15) is 0 Å². The predicted molar refractivity (Wildman–Crippen MR) is 143 cm³/mol. The van der Waals surface area contributed by atoms with Gasteiger partial charge in [-0.1, -0.05) is 26.3 Å². The topological polar surface area (TPSA) is 109 Å². The molecule has 0 bridgehead atoms. The minimum atomic E-state index is -0.409. The van der Waals surface area contributed by atoms with E-state index < -0.39 is 5.97 Å². The van der Waals surface area contributed by atoms with Crippen molar-refractivity contribution in [1.82, 2.24) is 0 Å². The molecule has 0 aliphatic rings. The number of esters is 1. The van der Waals surface area contributed by atoms with E-state index in [0.717, 1.165) is 13.0 Å². The number of unbranched alkanes of at least 4 members (excludes halogenated alkanes) is 2. The quantitative estimate of drug-likeness (QED) is 0.0697. The summed E-state index contributed by atoms with van der Waals surface area (Å²) in [6, 6.07) is 0. The SMILES string of the molecule is C=C(C)C(=O)OCCOCCOCCOCCOCCOCCOCCOCCOCCOCCCCC. The lowest BCUT2D eigenvalue weighted by Gasteiger charge is -2.09. The van der Waals surface area contributed by atoms with E-state index >= 15 is 0 Å². The van der Waals surface area contributed by atoms with Gasteiger partial charge in [-0.3, -0.25) is 0 Å². The summed E-state index contributed by atoms with van der Waals surface area (Å²) in [7, 11) is 0. The lowest BCUT2D eigenvalue weighted by atomic mass is 10.3. The molecule has 0 spiro atoms. The molecule has 0 aromatic rings. The summed E-state index contributed by atoms with van der Waals surface area (Å²) in [4.78, 5) is 11.2. The van der Waals surface area contributed by atoms with Crippen LogP contribution < -0.4 is 0 Å². The molecule has 0 aromatic carbocycles. The van der Waals surface area contributed by atoms with Gasteiger partial charge in [-0.25, -0.2) is 4.79 Å². The highest BCUT2D eigenvalue weighted by molar-refractivity contribution is 5.86. The van der Waals surface area contributed by atoms with E-state index in [1.165, 1.54) is 12.8 Å². The minimum absolute atomic E-state index is 0.205. The number of carbonyl (C=O) groups excluding carboxylic acids is 1. The molecule has 0 amide bonds. The lowest BCUT2D eigenvalue weighted by Crippen LogP contribution is -2.15. The fourth-order valence-electron chi connectivity index (χ4n) is 2.63. The van der Waals surface area contributed by atoms with Crippen molar-refractivity contribution in [1.29, 1.82) is 0 Å². The van der Waals surface area contributed by atoms with E-state index in [1.807, 2.05) is 0 Å². The first kappa shape index (κ1) is 36.8. The molecular weight excluding hydrogens is 500 g/mol. The molecule has 11 heteroatoms. The van der Waals surface area contributed by atoms with Crippen molar-refractivity contribution in [3.8, 4) is 0 Å². The van der Waals surface area contributed by atoms with Crippen molar-refractivity contribution < 1.29 is 52.2 Å². The summed E-state index contributed by atoms with van der Waals surface area (Å²) in [5.74, 6) is -0.409. The van der Waals surface area contributed by atoms with Crippen LogP contribution in [-0.2, 0) is 52.2 Å². The molecule has 0 aliphatic heterocycles. The molecule has 0 aromatic heterocycles. The number of hydrogen-bond donors (Lipinski definition) is 0. The summed E-state index contributed by atoms with van der Waals surface area (Å²) < 4.78 is 53.7. The van der Waals surface area contributed by atoms with Crippen LogP contribution in [0.1, 0.15) is 33.1 Å². The zero-order valence-electron chi connectivity index (χ0n) is 23.8. The lowest BCUT2D eigenvalue weighted by molar-refractivity contribution is -0.140. The van der Waals surface area contributed by atoms with E-state index in [2.05, 4.69) is 13.5 Å². The van der Waals surface area contributed by atoms with E-state index in [1.54, 1.807) is 6.92 Å². The first-order chi connectivity index (χ1) is 18.7. The molecule has 0 heterocycles. The highest BCUT2D eigenvalue weighted by atomic mass is 16.6. The Labute approximate surface area is 229 Å². The van der Waals surface area contributed by atoms with Crippen LogP contribution in [0.2, 0.25) is 0 Å². The first-order valence-corrected chi connectivity index (χ1v) is 13.7. The number of hydrogen-bond acceptors (Lipinski definition) is 11. The Morgan fingerprint density at radius 1 is 0.447 bits per heavy atom. The van der Waals surface area contributed by atoms with Gasteiger partial charge in [0.05, 0.1) is 112 Å². The predicted octanol–water partition coefficient (Wildman–Crippen LogP) is 2.45. The van der Waals surface area contributed by atoms with Crippen LogP contribution in [0.15, 0.2) is 12.2 Å². The maximum Gasteiger partial charge on any atom is 0.333 e. The third kappa shape index (κ3) is 31.1. The molecule has 0 unspecified atom stereocenters. The highest BCUT2D eigenvalue weighted by Crippen LogP contribution is 1.94. The first-order valence-electron chi connectivity index (χ1n) is 13.7. The number of carbonyl (C=O) groups is 1. The second-order valence-corrected chi connectivity index (χ2v) is 8.13. The van der Waals surface area contributed by atoms with E-state index in [-0.39, 0.29) is 6.61 Å². The highest BCUT2D eigenvalue weighted by Gasteiger charge is 2.01. The molecule has 0 saturated carbocycles. The Bertz CT molecular complexity index is 505. The average molecular weight is 553 g/mol. The number of ether oxygens (including phenoxy) is 10. The minimum Gasteiger partial charge on any atom is -0.460 e. The van der Waals surface area contributed by atoms with Gasteiger partial charge in [-0.15, -0.1) is 0 Å². The molecule has 0 radical (unpaired) electrons. The zero-order chi connectivity index (χ0) is 27.8. The van der Waals surface area contributed by atoms with Gasteiger partial charge >= 0.3 is 5.97 Å². The van der Waals surface area contributed by atoms with Crippen molar-refractivity contribution in [3.05, 3.63) is 12.2 Å². The van der Waals surface area contributed by atoms with Gasteiger partial charge in [0, 0.05) is 12.2 Å². The van der Waals surface area contributed by atoms with E-state index in [4.69, 9.17) is 47.4 Å². The summed E-state index contributed by atoms with van der Waals surface area (Å²) >= 11 is 0. The monoisotopic (exact) mass is 552 g/mol. The van der Waals surface area contributed by atoms with Gasteiger partial charge < -0.3 is 47.4 Å². The normalized spacial score (nSPS) is 11.2. The molecule has 226 valence electrons. The largest absolute Gasteiger partial charge is 0.460 e. The Morgan fingerprint density at radius 3 is 0.974 bits per heavy atom. The zero-order valence-corrected chi connectivity index (χ0v) is 23.8. The van der Waals surface area contributed by atoms with Gasteiger partial charge in [-0.05, 0) is 13.3 Å². The fourth-order valence-corrected chi connectivity index (χ4v) is 2.63. The van der Waals surface area contributed by atoms with Crippen LogP contribution in [0.5, 0.6) is 0 Å². The third-order valence-corrected chi connectivity index (χ3v) is 4.68. The average Bonchev–Trinajstić information content (AvgIpc) is 2.91. The van der Waals surface area contributed by atoms with Crippen LogP contribution in [-0.4, -0.2) is 132 Å². The number of rotatable bonds is 32. The van der Waals surface area contributed by atoms with Crippen molar-refractivity contribution in [2.45, 2.75) is 33.1 Å². The molecular formula is C27H52O11. The second-order valence-electron chi connectivity index (χ2n) is 8.13. The standard InChI is InChI=1S/C27H52O11/c1-4-5-6-7-29-8-9-30-10-11-31-12-13-32-14-15-33-16-17-34-18-19-35-20-21-36-22-23-37-24-25-38-27(28)26(2)3/h2,4-25H2,1,3H3. The van der Waals surface area contributed by atoms with Crippen molar-refractivity contribution in [3.63, 3.8) is 0 Å². The third-order valence-electron chi connectivity index (χ3n) is 4.68. The second kappa shape index (κ2) is 32.1. The summed E-state index contributed by atoms with van der Waals surface area (Å²) in [5, 5.41) is 0. The van der Waals surface area contributed by atoms with Crippen molar-refractivity contribution in [2.24, 2.45) is 0 Å². The molecule has 0 N–H and O–H groups in total. The summed E-state index contributed by atoms with van der Waals surface area (Å²) in [5.41, 5.74) is 0.374. The molecule has 0 aliphatic carbocycles. The van der Waals surface area contributed by atoms with Gasteiger partial charge in [0.15, 0.2) is 0 Å². The van der Waals surface area contributed by atoms with E-state index in [0.29, 0.717) is 118 Å². The Hall–Kier alpha value is -1.15. The summed E-state index contributed by atoms with van der Waals surface area (Å²) in [6.07, 6.45) is 3.54. The smallest absolute Gasteiger partial charge is 0.333 e. The molecule has 0 atom stereocenters. The van der Waals surface area contributed by atoms with Gasteiger partial charge in [0.1, 0.15) is 6.61 Å². The molecule has 11 nitrogen and oxygen atoms in total. The van der Waals surface area contributed by atoms with Gasteiger partial charge in [0.2, 0.25) is 0 Å². The molecule has 0 saturated heterocycles. The van der Waals surface area contributed by atoms with Crippen LogP contribution >= 0.6 is 0 Å².